The number of rotatable bonds is 0. The molecule has 0 aromatic heterocycles. The van der Waals surface area contributed by atoms with Gasteiger partial charge in [-0.1, -0.05) is 0 Å². The molecule has 0 radical (unpaired) electrons. The van der Waals surface area contributed by atoms with Crippen molar-refractivity contribution >= 4 is 11.8 Å². The van der Waals surface area contributed by atoms with E-state index < -0.39 is 0 Å². The fourth-order valence-electron chi connectivity index (χ4n) is 6.05. The number of ether oxygens (including phenoxy) is 1. The van der Waals surface area contributed by atoms with Crippen LogP contribution in [-0.4, -0.2) is 77.5 Å². The maximum absolute atomic E-state index is 12.9. The lowest BCUT2D eigenvalue weighted by Crippen LogP contribution is -2.69. The molecule has 5 heterocycles. The second-order valence-corrected chi connectivity index (χ2v) is 9.24. The smallest absolute Gasteiger partial charge is 0.320 e. The van der Waals surface area contributed by atoms with Crippen LogP contribution in [0.1, 0.15) is 52.4 Å². The Morgan fingerprint density at radius 3 is 2.79 bits per heavy atom. The Bertz CT molecular complexity index is 645. The maximum Gasteiger partial charge on any atom is 0.320 e. The number of Topliss-reactive ketones (excluding diaryl/α,β-unsaturated/α-hetero) is 1. The van der Waals surface area contributed by atoms with Crippen LogP contribution in [0.3, 0.4) is 0 Å². The Morgan fingerprint density at radius 1 is 1.07 bits per heavy atom. The lowest BCUT2D eigenvalue weighted by atomic mass is 9.83. The predicted octanol–water partition coefficient (Wildman–Crippen LogP) is 0.582. The fraction of sp³-hybridized carbons (Fsp3) is 0.900. The van der Waals surface area contributed by atoms with Crippen LogP contribution in [0, 0.1) is 5.92 Å². The van der Waals surface area contributed by atoms with Crippen LogP contribution in [0.2, 0.25) is 0 Å². The summed E-state index contributed by atoms with van der Waals surface area (Å²) in [6.07, 6.45) is 5.39. The molecule has 8 nitrogen and oxygen atoms in total. The van der Waals surface area contributed by atoms with E-state index in [2.05, 4.69) is 34.7 Å². The maximum atomic E-state index is 12.9. The summed E-state index contributed by atoms with van der Waals surface area (Å²) in [5.74, 6) is 0.426. The van der Waals surface area contributed by atoms with Gasteiger partial charge in [0.15, 0.2) is 0 Å². The summed E-state index contributed by atoms with van der Waals surface area (Å²) in [7, 11) is 0. The molecule has 5 fully saturated rings. The topological polar surface area (TPSA) is 85.9 Å². The van der Waals surface area contributed by atoms with Crippen molar-refractivity contribution in [1.29, 1.82) is 0 Å². The molecule has 3 N–H and O–H groups in total. The largest absolute Gasteiger partial charge is 0.373 e. The monoisotopic (exact) mass is 391 g/mol. The van der Waals surface area contributed by atoms with E-state index in [0.29, 0.717) is 18.2 Å². The molecule has 2 amide bonds. The first-order chi connectivity index (χ1) is 13.5. The second kappa shape index (κ2) is 7.23. The third kappa shape index (κ3) is 3.05. The van der Waals surface area contributed by atoms with E-state index >= 15 is 0 Å². The number of hydrogen-bond donors (Lipinski definition) is 3. The van der Waals surface area contributed by atoms with Gasteiger partial charge in [0.1, 0.15) is 11.9 Å². The molecule has 8 atom stereocenters. The molecule has 5 aliphatic rings. The highest BCUT2D eigenvalue weighted by Gasteiger charge is 2.52. The van der Waals surface area contributed by atoms with E-state index in [1.54, 1.807) is 0 Å². The SMILES string of the molecule is C[C@@H]1CC[C@@H](C)N2CCC(=O)C3CCC(NC32)N2C(=O)NC3NCCC(O1)C32. The van der Waals surface area contributed by atoms with Gasteiger partial charge in [0.25, 0.3) is 0 Å². The molecule has 28 heavy (non-hydrogen) atoms. The van der Waals surface area contributed by atoms with Gasteiger partial charge in [-0.3, -0.25) is 20.3 Å². The van der Waals surface area contributed by atoms with E-state index in [9.17, 15) is 9.59 Å². The van der Waals surface area contributed by atoms with Crippen LogP contribution < -0.4 is 16.0 Å². The van der Waals surface area contributed by atoms with Gasteiger partial charge < -0.3 is 15.0 Å². The summed E-state index contributed by atoms with van der Waals surface area (Å²) in [5.41, 5.74) is 0. The zero-order valence-electron chi connectivity index (χ0n) is 16.9. The summed E-state index contributed by atoms with van der Waals surface area (Å²) in [4.78, 5) is 30.0. The molecule has 156 valence electrons. The molecule has 0 aromatic carbocycles. The number of piperidine rings is 3. The van der Waals surface area contributed by atoms with Crippen LogP contribution in [0.15, 0.2) is 0 Å². The average Bonchev–Trinajstić information content (AvgIpc) is 3.02. The van der Waals surface area contributed by atoms with Gasteiger partial charge in [0.2, 0.25) is 0 Å². The molecular formula is C20H33N5O3. The zero-order chi connectivity index (χ0) is 19.4. The van der Waals surface area contributed by atoms with Crippen LogP contribution in [0.4, 0.5) is 4.79 Å². The molecule has 0 saturated carbocycles. The number of amides is 2. The van der Waals surface area contributed by atoms with Crippen molar-refractivity contribution in [3.05, 3.63) is 0 Å². The number of nitrogens with one attached hydrogen (secondary N) is 3. The lowest BCUT2D eigenvalue weighted by molar-refractivity contribution is -0.137. The van der Waals surface area contributed by atoms with Gasteiger partial charge in [-0.05, 0) is 52.5 Å². The second-order valence-electron chi connectivity index (χ2n) is 9.24. The summed E-state index contributed by atoms with van der Waals surface area (Å²) < 4.78 is 6.49. The van der Waals surface area contributed by atoms with Crippen molar-refractivity contribution in [1.82, 2.24) is 25.8 Å². The summed E-state index contributed by atoms with van der Waals surface area (Å²) in [6, 6.07) is 0.351. The van der Waals surface area contributed by atoms with Crippen molar-refractivity contribution in [3.8, 4) is 0 Å². The van der Waals surface area contributed by atoms with Gasteiger partial charge in [-0.15, -0.1) is 0 Å². The van der Waals surface area contributed by atoms with Crippen molar-refractivity contribution in [2.45, 2.75) is 95.2 Å². The van der Waals surface area contributed by atoms with E-state index in [4.69, 9.17) is 4.74 Å². The molecule has 6 unspecified atom stereocenters. The summed E-state index contributed by atoms with van der Waals surface area (Å²) in [5, 5.41) is 10.3. The van der Waals surface area contributed by atoms with Crippen molar-refractivity contribution in [2.24, 2.45) is 5.92 Å². The molecule has 0 aromatic rings. The number of carbonyl (C=O) groups is 2. The molecule has 5 aliphatic heterocycles. The summed E-state index contributed by atoms with van der Waals surface area (Å²) >= 11 is 0. The standard InChI is InChI=1S/C20H33N5O3/c1-11-3-4-12(2)28-15-7-9-21-18-17(15)25(20(27)23-18)16-6-5-13-14(26)8-10-24(11)19(13)22-16/h11-13,15-19,21-22H,3-10H2,1-2H3,(H,23,27)/t11-,12-,13?,15?,16?,17?,18?,19?/m1/s1. The predicted molar refractivity (Wildman–Crippen MR) is 103 cm³/mol. The quantitative estimate of drug-likeness (QED) is 0.560. The Labute approximate surface area is 166 Å². The third-order valence-electron chi connectivity index (χ3n) is 7.53. The first kappa shape index (κ1) is 18.8. The highest BCUT2D eigenvalue weighted by atomic mass is 16.5. The minimum Gasteiger partial charge on any atom is -0.373 e. The Kier molecular flexibility index (Phi) is 4.85. The number of hydrogen-bond acceptors (Lipinski definition) is 6. The van der Waals surface area contributed by atoms with Crippen molar-refractivity contribution in [3.63, 3.8) is 0 Å². The van der Waals surface area contributed by atoms with Gasteiger partial charge in [0.05, 0.1) is 30.6 Å². The van der Waals surface area contributed by atoms with Gasteiger partial charge in [-0.25, -0.2) is 4.79 Å². The van der Waals surface area contributed by atoms with Gasteiger partial charge >= 0.3 is 6.03 Å². The molecule has 5 saturated heterocycles. The number of urea groups is 1. The first-order valence-corrected chi connectivity index (χ1v) is 11.0. The number of carbonyl (C=O) groups excluding carboxylic acids is 2. The molecule has 2 bridgehead atoms. The zero-order valence-corrected chi connectivity index (χ0v) is 16.9. The van der Waals surface area contributed by atoms with Crippen LogP contribution in [0.25, 0.3) is 0 Å². The first-order valence-electron chi connectivity index (χ1n) is 11.0. The molecule has 0 spiro atoms. The van der Waals surface area contributed by atoms with Crippen LogP contribution in [0.5, 0.6) is 0 Å². The Balaban J connectivity index is 1.49. The van der Waals surface area contributed by atoms with E-state index in [1.807, 2.05) is 4.90 Å². The molecule has 5 rings (SSSR count). The van der Waals surface area contributed by atoms with E-state index in [0.717, 1.165) is 45.2 Å². The lowest BCUT2D eigenvalue weighted by Gasteiger charge is -2.51. The van der Waals surface area contributed by atoms with E-state index in [-0.39, 0.29) is 48.7 Å². The number of ketones is 1. The fourth-order valence-corrected chi connectivity index (χ4v) is 6.05. The Morgan fingerprint density at radius 2 is 1.93 bits per heavy atom. The van der Waals surface area contributed by atoms with Gasteiger partial charge in [-0.2, -0.15) is 0 Å². The Hall–Kier alpha value is -1.22. The molecule has 0 aliphatic carbocycles. The molecule has 8 heteroatoms. The average molecular weight is 392 g/mol. The minimum absolute atomic E-state index is 0.0117. The minimum atomic E-state index is -0.0658. The van der Waals surface area contributed by atoms with Crippen LogP contribution >= 0.6 is 0 Å². The van der Waals surface area contributed by atoms with Crippen LogP contribution in [-0.2, 0) is 9.53 Å². The highest BCUT2D eigenvalue weighted by Crippen LogP contribution is 2.35. The molecular weight excluding hydrogens is 358 g/mol. The highest BCUT2D eigenvalue weighted by molar-refractivity contribution is 5.83. The number of nitrogens with zero attached hydrogens (tertiary/aromatic N) is 2. The number of fused-ring (bicyclic) bond motifs is 2. The van der Waals surface area contributed by atoms with Gasteiger partial charge in [0, 0.05) is 24.9 Å². The third-order valence-corrected chi connectivity index (χ3v) is 7.53. The summed E-state index contributed by atoms with van der Waals surface area (Å²) in [6.45, 7) is 6.08. The van der Waals surface area contributed by atoms with Crippen molar-refractivity contribution in [2.75, 3.05) is 13.1 Å². The van der Waals surface area contributed by atoms with Crippen molar-refractivity contribution < 1.29 is 14.3 Å². The van der Waals surface area contributed by atoms with E-state index in [1.165, 1.54) is 0 Å². The normalized spacial score (nSPS) is 47.0.